The maximum absolute atomic E-state index is 13.1. The second-order valence-corrected chi connectivity index (χ2v) is 24.1. The normalized spacial score (nSPS) is 10.6. The smallest absolute Gasteiger partial charge is 0.248 e. The number of halogens is 3. The number of hydrogen-bond acceptors (Lipinski definition) is 10. The Balaban J connectivity index is 0.000000153. The number of carbonyl (C=O) groups excluding carboxylic acids is 4. The van der Waals surface area contributed by atoms with Gasteiger partial charge in [-0.1, -0.05) is 153 Å². The Morgan fingerprint density at radius 2 is 0.939 bits per heavy atom. The minimum Gasteiger partial charge on any atom is -0.322 e. The number of nitrogens with zero attached hydrogens (tertiary/aromatic N) is 4. The average molecular weight is 1390 g/mol. The molecule has 8 aromatic carbocycles. The van der Waals surface area contributed by atoms with Crippen LogP contribution in [0.2, 0.25) is 5.15 Å². The van der Waals surface area contributed by atoms with E-state index in [0.717, 1.165) is 102 Å². The number of rotatable bonds is 13. The van der Waals surface area contributed by atoms with Gasteiger partial charge < -0.3 is 26.3 Å². The molecule has 3 amide bonds. The fourth-order valence-corrected chi connectivity index (χ4v) is 10.4. The van der Waals surface area contributed by atoms with Crippen LogP contribution >= 0.6 is 27.5 Å². The monoisotopic (exact) mass is 1390 g/mol. The first-order chi connectivity index (χ1) is 47.2. The van der Waals surface area contributed by atoms with Crippen molar-refractivity contribution in [2.24, 2.45) is 0 Å². The lowest BCUT2D eigenvalue weighted by Gasteiger charge is -2.08. The SMILES string of the molecule is CC(=O)Nc1ccc2cc(C)ccc2n1.CC(=O)Nc1ccc2cc(CBr)ccc2n1.CC(=O)Nc1ccc2cc(CNCCc3cccc(F)c3)ccc2n1.Cc1ccc(CC(=O)/C=C/c2ccccc2)cc1.Cc1ccc2[nH]c(=O)ccc2c1.Cc1ccc2nc(Cl)ccc2c1. The van der Waals surface area contributed by atoms with Crippen LogP contribution in [0.1, 0.15) is 70.8 Å². The lowest BCUT2D eigenvalue weighted by Crippen LogP contribution is -2.16. The van der Waals surface area contributed by atoms with Gasteiger partial charge in [-0.15, -0.1) is 0 Å². The molecule has 5 aromatic heterocycles. The van der Waals surface area contributed by atoms with Crippen LogP contribution in [0.15, 0.2) is 241 Å². The highest BCUT2D eigenvalue weighted by atomic mass is 79.9. The molecule has 5 N–H and O–H groups in total. The third kappa shape index (κ3) is 24.4. The van der Waals surface area contributed by atoms with E-state index in [0.29, 0.717) is 29.0 Å². The number of amides is 3. The summed E-state index contributed by atoms with van der Waals surface area (Å²) in [6.45, 7) is 14.1. The summed E-state index contributed by atoms with van der Waals surface area (Å²) in [7, 11) is 0. The number of fused-ring (bicyclic) bond motifs is 5. The molecule has 13 aromatic rings. The van der Waals surface area contributed by atoms with Crippen LogP contribution in [0.4, 0.5) is 21.8 Å². The number of allylic oxidation sites excluding steroid dienone is 1. The standard InChI is InChI=1S/C20H20FN3O.C17H16O.C12H11BrN2O.C12H12N2O.C10H8ClN.C10H9NO/c1-14(25)23-20-8-6-17-11-16(5-7-19(17)24-20)13-22-10-9-15-3-2-4-18(21)12-15;1-14-7-9-16(10-8-14)13-17(18)12-11-15-5-3-2-4-6-15;1-8(16)14-12-5-3-10-6-9(7-13)2-4-11(10)15-12;1-8-3-5-11-10(7-8)4-6-12(14-11)13-9(2)15;1-7-2-4-9-8(6-7)3-5-10(11)12-9;1-7-2-4-9-8(6-7)3-5-10(12)11-9/h2-8,11-12,22H,9-10,13H2,1H3,(H,23,24,25);2-12H,13H2,1H3;2-6H,7H2,1H3,(H,14,15,16);3-7H,1-2H3,(H,13,14,15);2-6H,1H3;2-6H,1H3,(H,11,12)/b;12-11+;;;;. The Kier molecular flexibility index (Phi) is 27.4. The highest BCUT2D eigenvalue weighted by molar-refractivity contribution is 9.08. The van der Waals surface area contributed by atoms with Crippen molar-refractivity contribution in [1.82, 2.24) is 30.2 Å². The van der Waals surface area contributed by atoms with Gasteiger partial charge in [0.1, 0.15) is 28.4 Å². The molecular formula is C81H76BrClFN9O5. The number of aromatic nitrogens is 5. The van der Waals surface area contributed by atoms with Crippen LogP contribution < -0.4 is 26.8 Å². The molecule has 0 fully saturated rings. The predicted molar refractivity (Wildman–Crippen MR) is 403 cm³/mol. The van der Waals surface area contributed by atoms with E-state index in [1.54, 1.807) is 30.3 Å². The first-order valence-corrected chi connectivity index (χ1v) is 33.1. The average Bonchev–Trinajstić information content (AvgIpc) is 0.859. The van der Waals surface area contributed by atoms with Crippen LogP contribution in [-0.2, 0) is 43.9 Å². The molecule has 13 rings (SSSR count). The van der Waals surface area contributed by atoms with Crippen molar-refractivity contribution in [3.8, 4) is 0 Å². The number of H-pyrrole nitrogens is 1. The Morgan fingerprint density at radius 1 is 0.469 bits per heavy atom. The Hall–Kier alpha value is -10.9. The van der Waals surface area contributed by atoms with E-state index in [1.165, 1.54) is 54.7 Å². The van der Waals surface area contributed by atoms with Crippen molar-refractivity contribution in [2.75, 3.05) is 22.5 Å². The number of alkyl halides is 1. The van der Waals surface area contributed by atoms with Gasteiger partial charge in [0.15, 0.2) is 5.78 Å². The number of aromatic amines is 1. The number of ketones is 1. The summed E-state index contributed by atoms with van der Waals surface area (Å²) >= 11 is 9.16. The maximum atomic E-state index is 13.1. The van der Waals surface area contributed by atoms with Crippen molar-refractivity contribution >= 4 is 129 Å². The minimum atomic E-state index is -0.196. The number of hydrogen-bond donors (Lipinski definition) is 5. The summed E-state index contributed by atoms with van der Waals surface area (Å²) in [4.78, 5) is 75.6. The van der Waals surface area contributed by atoms with E-state index in [4.69, 9.17) is 11.6 Å². The van der Waals surface area contributed by atoms with Crippen LogP contribution in [0, 0.1) is 33.5 Å². The summed E-state index contributed by atoms with van der Waals surface area (Å²) in [6.07, 6.45) is 4.75. The van der Waals surface area contributed by atoms with Gasteiger partial charge in [-0.2, -0.15) is 0 Å². The van der Waals surface area contributed by atoms with Crippen molar-refractivity contribution < 1.29 is 23.6 Å². The second kappa shape index (κ2) is 36.8. The molecule has 14 nitrogen and oxygen atoms in total. The van der Waals surface area contributed by atoms with Gasteiger partial charge in [-0.05, 0) is 207 Å². The van der Waals surface area contributed by atoms with E-state index in [2.05, 4.69) is 93.3 Å². The zero-order chi connectivity index (χ0) is 69.9. The van der Waals surface area contributed by atoms with Crippen LogP contribution in [-0.4, -0.2) is 55.0 Å². The first-order valence-electron chi connectivity index (χ1n) is 31.6. The minimum absolute atomic E-state index is 0.0497. The Morgan fingerprint density at radius 3 is 1.49 bits per heavy atom. The lowest BCUT2D eigenvalue weighted by molar-refractivity contribution is -0.115. The number of nitrogens with one attached hydrogen (secondary N) is 5. The van der Waals surface area contributed by atoms with E-state index >= 15 is 0 Å². The topological polar surface area (TPSA) is 201 Å². The molecule has 0 saturated carbocycles. The zero-order valence-electron chi connectivity index (χ0n) is 55.6. The fourth-order valence-electron chi connectivity index (χ4n) is 9.91. The van der Waals surface area contributed by atoms with E-state index in [9.17, 15) is 28.4 Å². The summed E-state index contributed by atoms with van der Waals surface area (Å²) in [5.74, 6) is 1.33. The molecule has 17 heteroatoms. The van der Waals surface area contributed by atoms with E-state index in [-0.39, 0.29) is 34.9 Å². The molecule has 496 valence electrons. The third-order valence-corrected chi connectivity index (χ3v) is 15.5. The largest absolute Gasteiger partial charge is 0.322 e. The van der Waals surface area contributed by atoms with Crippen LogP contribution in [0.25, 0.3) is 60.6 Å². The Bertz CT molecular complexity index is 4950. The molecule has 0 unspecified atom stereocenters. The van der Waals surface area contributed by atoms with Gasteiger partial charge in [0.25, 0.3) is 0 Å². The highest BCUT2D eigenvalue weighted by Crippen LogP contribution is 2.22. The number of benzene rings is 8. The zero-order valence-corrected chi connectivity index (χ0v) is 57.9. The molecule has 0 aliphatic carbocycles. The number of aryl methyl sites for hydroxylation is 4. The summed E-state index contributed by atoms with van der Waals surface area (Å²) < 4.78 is 13.1. The second-order valence-electron chi connectivity index (χ2n) is 23.2. The van der Waals surface area contributed by atoms with Gasteiger partial charge in [-0.3, -0.25) is 24.0 Å². The summed E-state index contributed by atoms with van der Waals surface area (Å²) in [5.41, 5.74) is 14.7. The molecule has 0 bridgehead atoms. The maximum Gasteiger partial charge on any atom is 0.248 e. The van der Waals surface area contributed by atoms with Crippen molar-refractivity contribution in [3.05, 3.63) is 308 Å². The Labute approximate surface area is 583 Å². The lowest BCUT2D eigenvalue weighted by atomic mass is 10.1. The summed E-state index contributed by atoms with van der Waals surface area (Å²) in [5, 5.41) is 18.2. The van der Waals surface area contributed by atoms with E-state index in [1.807, 2.05) is 203 Å². The highest BCUT2D eigenvalue weighted by Gasteiger charge is 2.06. The van der Waals surface area contributed by atoms with Gasteiger partial charge in [0.2, 0.25) is 23.3 Å². The van der Waals surface area contributed by atoms with Gasteiger partial charge in [0.05, 0.1) is 22.1 Å². The quantitative estimate of drug-likeness (QED) is 0.0320. The number of pyridine rings is 5. The summed E-state index contributed by atoms with van der Waals surface area (Å²) in [6, 6.07) is 73.2. The number of carbonyl (C=O) groups is 4. The number of anilines is 3. The molecule has 5 heterocycles. The molecule has 0 radical (unpaired) electrons. The molecule has 0 atom stereocenters. The van der Waals surface area contributed by atoms with Gasteiger partial charge in [0, 0.05) is 72.2 Å². The van der Waals surface area contributed by atoms with E-state index < -0.39 is 0 Å². The molecule has 0 aliphatic heterocycles. The molecule has 0 spiro atoms. The molecule has 0 aliphatic rings. The first kappa shape index (κ1) is 72.9. The molecule has 98 heavy (non-hydrogen) atoms. The third-order valence-electron chi connectivity index (χ3n) is 14.7. The predicted octanol–water partition coefficient (Wildman–Crippen LogP) is 18.1. The fraction of sp³-hybridized carbons (Fsp3) is 0.148. The van der Waals surface area contributed by atoms with Crippen LogP contribution in [0.5, 0.6) is 0 Å². The van der Waals surface area contributed by atoms with Crippen molar-refractivity contribution in [2.45, 2.75) is 73.2 Å². The molecule has 0 saturated heterocycles. The van der Waals surface area contributed by atoms with Gasteiger partial charge >= 0.3 is 0 Å². The van der Waals surface area contributed by atoms with Crippen molar-refractivity contribution in [3.63, 3.8) is 0 Å². The van der Waals surface area contributed by atoms with Crippen molar-refractivity contribution in [1.29, 1.82) is 0 Å². The molecular weight excluding hydrogens is 1310 g/mol. The van der Waals surface area contributed by atoms with Crippen LogP contribution in [0.3, 0.4) is 0 Å². The van der Waals surface area contributed by atoms with Gasteiger partial charge in [-0.25, -0.2) is 24.3 Å².